The predicted molar refractivity (Wildman–Crippen MR) is 121 cm³/mol. The van der Waals surface area contributed by atoms with Crippen LogP contribution in [0.1, 0.15) is 27.7 Å². The summed E-state index contributed by atoms with van der Waals surface area (Å²) in [6, 6.07) is 13.6. The van der Waals surface area contributed by atoms with Crippen LogP contribution in [-0.2, 0) is 0 Å². The topological polar surface area (TPSA) is 54.5 Å². The maximum Gasteiger partial charge on any atom is 0.255 e. The molecule has 1 atom stereocenters. The van der Waals surface area contributed by atoms with Crippen molar-refractivity contribution in [2.24, 2.45) is 0 Å². The van der Waals surface area contributed by atoms with Gasteiger partial charge in [-0.1, -0.05) is 12.1 Å². The number of aromatic nitrogens is 1. The summed E-state index contributed by atoms with van der Waals surface area (Å²) in [5, 5.41) is 4.06. The van der Waals surface area contributed by atoms with E-state index in [1.54, 1.807) is 13.2 Å². The number of fused-ring (bicyclic) bond motifs is 1. The molecule has 1 saturated heterocycles. The monoisotopic (exact) mass is 451 g/mol. The maximum absolute atomic E-state index is 13.8. The number of rotatable bonds is 3. The summed E-state index contributed by atoms with van der Waals surface area (Å²) in [6.45, 7) is 3.71. The lowest BCUT2D eigenvalue weighted by Crippen LogP contribution is -2.48. The first-order valence-electron chi connectivity index (χ1n) is 9.29. The summed E-state index contributed by atoms with van der Waals surface area (Å²) in [5.74, 6) is 0.291. The molecule has 30 heavy (non-hydrogen) atoms. The molecule has 4 rings (SSSR count). The van der Waals surface area contributed by atoms with Crippen LogP contribution < -0.4 is 10.1 Å². The van der Waals surface area contributed by atoms with Gasteiger partial charge < -0.3 is 15.0 Å². The lowest BCUT2D eigenvalue weighted by Gasteiger charge is -2.37. The molecule has 1 amide bonds. The highest BCUT2D eigenvalue weighted by Crippen LogP contribution is 2.29. The fourth-order valence-electron chi connectivity index (χ4n) is 3.75. The first-order valence-corrected chi connectivity index (χ1v) is 9.29. The van der Waals surface area contributed by atoms with Gasteiger partial charge in [0.2, 0.25) is 0 Å². The number of pyridine rings is 1. The molecule has 5 nitrogen and oxygen atoms in total. The minimum atomic E-state index is -0.301. The summed E-state index contributed by atoms with van der Waals surface area (Å²) in [7, 11) is 1.60. The van der Waals surface area contributed by atoms with Crippen LogP contribution in [0.5, 0.6) is 5.75 Å². The van der Waals surface area contributed by atoms with Gasteiger partial charge in [-0.25, -0.2) is 4.39 Å². The SMILES string of the molecule is COc1ccc2nc(C)cc(C(=O)N3CCNCC3c3cccc(F)c3)c2c1.Cl.Cl. The molecule has 1 fully saturated rings. The largest absolute Gasteiger partial charge is 0.497 e. The van der Waals surface area contributed by atoms with Crippen molar-refractivity contribution in [1.29, 1.82) is 0 Å². The second-order valence-electron chi connectivity index (χ2n) is 6.97. The van der Waals surface area contributed by atoms with Crippen molar-refractivity contribution in [3.8, 4) is 5.75 Å². The predicted octanol–water partition coefficient (Wildman–Crippen LogP) is 4.32. The van der Waals surface area contributed by atoms with Crippen LogP contribution in [0.15, 0.2) is 48.5 Å². The zero-order chi connectivity index (χ0) is 19.7. The van der Waals surface area contributed by atoms with Gasteiger partial charge in [0.05, 0.1) is 24.2 Å². The van der Waals surface area contributed by atoms with Gasteiger partial charge in [0.25, 0.3) is 5.91 Å². The molecule has 0 saturated carbocycles. The molecule has 8 heteroatoms. The van der Waals surface area contributed by atoms with Gasteiger partial charge in [-0.3, -0.25) is 9.78 Å². The molecule has 3 aromatic rings. The van der Waals surface area contributed by atoms with Crippen molar-refractivity contribution in [1.82, 2.24) is 15.2 Å². The normalized spacial score (nSPS) is 15.8. The van der Waals surface area contributed by atoms with E-state index in [1.165, 1.54) is 12.1 Å². The molecule has 0 bridgehead atoms. The van der Waals surface area contributed by atoms with Gasteiger partial charge in [0.15, 0.2) is 0 Å². The second kappa shape index (κ2) is 10.1. The first-order chi connectivity index (χ1) is 13.6. The molecule has 0 radical (unpaired) electrons. The third-order valence-electron chi connectivity index (χ3n) is 5.11. The fourth-order valence-corrected chi connectivity index (χ4v) is 3.75. The average molecular weight is 452 g/mol. The maximum atomic E-state index is 13.8. The van der Waals surface area contributed by atoms with Gasteiger partial charge >= 0.3 is 0 Å². The minimum absolute atomic E-state index is 0. The Bertz CT molecular complexity index is 1050. The Balaban J connectivity index is 0.00000160. The number of benzene rings is 2. The van der Waals surface area contributed by atoms with Crippen molar-refractivity contribution in [3.63, 3.8) is 0 Å². The lowest BCUT2D eigenvalue weighted by atomic mass is 10.00. The number of hydrogen-bond acceptors (Lipinski definition) is 4. The van der Waals surface area contributed by atoms with E-state index in [0.29, 0.717) is 30.9 Å². The summed E-state index contributed by atoms with van der Waals surface area (Å²) < 4.78 is 19.1. The Hall–Kier alpha value is -2.41. The fraction of sp³-hybridized carbons (Fsp3) is 0.273. The smallest absolute Gasteiger partial charge is 0.255 e. The molecule has 1 aliphatic heterocycles. The van der Waals surface area contributed by atoms with E-state index >= 15 is 0 Å². The van der Waals surface area contributed by atoms with Gasteiger partial charge in [-0.2, -0.15) is 0 Å². The van der Waals surface area contributed by atoms with Gasteiger partial charge in [0.1, 0.15) is 11.6 Å². The number of nitrogens with one attached hydrogen (secondary N) is 1. The number of ether oxygens (including phenoxy) is 1. The highest BCUT2D eigenvalue weighted by Gasteiger charge is 2.30. The Kier molecular flexibility index (Phi) is 8.01. The number of nitrogens with zero attached hydrogens (tertiary/aromatic N) is 2. The van der Waals surface area contributed by atoms with Gasteiger partial charge in [-0.15, -0.1) is 24.8 Å². The minimum Gasteiger partial charge on any atom is -0.497 e. The number of methoxy groups -OCH3 is 1. The molecular formula is C22H24Cl2FN3O2. The Morgan fingerprint density at radius 3 is 2.73 bits per heavy atom. The molecular weight excluding hydrogens is 428 g/mol. The Morgan fingerprint density at radius 1 is 1.20 bits per heavy atom. The second-order valence-corrected chi connectivity index (χ2v) is 6.97. The van der Waals surface area contributed by atoms with Crippen molar-refractivity contribution in [2.75, 3.05) is 26.7 Å². The number of carbonyl (C=O) groups excluding carboxylic acids is 1. The number of aryl methyl sites for hydroxylation is 1. The summed E-state index contributed by atoms with van der Waals surface area (Å²) in [6.07, 6.45) is 0. The Morgan fingerprint density at radius 2 is 2.00 bits per heavy atom. The molecule has 2 aromatic carbocycles. The molecule has 1 unspecified atom stereocenters. The van der Waals surface area contributed by atoms with Crippen molar-refractivity contribution >= 4 is 41.6 Å². The zero-order valence-electron chi connectivity index (χ0n) is 16.7. The summed E-state index contributed by atoms with van der Waals surface area (Å²) in [5.41, 5.74) is 2.90. The van der Waals surface area contributed by atoms with Crippen LogP contribution in [0.25, 0.3) is 10.9 Å². The van der Waals surface area contributed by atoms with E-state index in [-0.39, 0.29) is 42.6 Å². The molecule has 0 aliphatic carbocycles. The molecule has 1 N–H and O–H groups in total. The number of amides is 1. The van der Waals surface area contributed by atoms with E-state index in [9.17, 15) is 9.18 Å². The third kappa shape index (κ3) is 4.67. The molecule has 160 valence electrons. The van der Waals surface area contributed by atoms with E-state index in [0.717, 1.165) is 22.2 Å². The van der Waals surface area contributed by atoms with E-state index < -0.39 is 0 Å². The lowest BCUT2D eigenvalue weighted by molar-refractivity contribution is 0.0636. The van der Waals surface area contributed by atoms with Crippen LogP contribution in [-0.4, -0.2) is 42.5 Å². The highest BCUT2D eigenvalue weighted by atomic mass is 35.5. The number of piperazine rings is 1. The van der Waals surface area contributed by atoms with Gasteiger partial charge in [-0.05, 0) is 48.9 Å². The van der Waals surface area contributed by atoms with E-state index in [4.69, 9.17) is 4.74 Å². The first kappa shape index (κ1) is 23.9. The third-order valence-corrected chi connectivity index (χ3v) is 5.11. The number of halogens is 3. The van der Waals surface area contributed by atoms with E-state index in [2.05, 4.69) is 10.3 Å². The molecule has 1 aliphatic rings. The molecule has 1 aromatic heterocycles. The van der Waals surface area contributed by atoms with Crippen LogP contribution in [0.4, 0.5) is 4.39 Å². The number of hydrogen-bond donors (Lipinski definition) is 1. The van der Waals surface area contributed by atoms with Gasteiger partial charge in [0, 0.05) is 30.7 Å². The van der Waals surface area contributed by atoms with Crippen LogP contribution in [0.3, 0.4) is 0 Å². The highest BCUT2D eigenvalue weighted by molar-refractivity contribution is 6.06. The van der Waals surface area contributed by atoms with Crippen molar-refractivity contribution in [2.45, 2.75) is 13.0 Å². The quantitative estimate of drug-likeness (QED) is 0.643. The summed E-state index contributed by atoms with van der Waals surface area (Å²) in [4.78, 5) is 19.9. The molecule has 2 heterocycles. The van der Waals surface area contributed by atoms with Crippen LogP contribution >= 0.6 is 24.8 Å². The van der Waals surface area contributed by atoms with Crippen molar-refractivity contribution < 1.29 is 13.9 Å². The van der Waals surface area contributed by atoms with Crippen LogP contribution in [0, 0.1) is 12.7 Å². The standard InChI is InChI=1S/C22H22FN3O2.2ClH/c1-14-10-19(18-12-17(28-2)6-7-20(18)25-14)22(27)26-9-8-24-13-21(26)15-4-3-5-16(23)11-15;;/h3-7,10-12,21,24H,8-9,13H2,1-2H3;2*1H. The summed E-state index contributed by atoms with van der Waals surface area (Å²) >= 11 is 0. The van der Waals surface area contributed by atoms with Crippen molar-refractivity contribution in [3.05, 3.63) is 71.2 Å². The average Bonchev–Trinajstić information content (AvgIpc) is 2.72. The van der Waals surface area contributed by atoms with Crippen LogP contribution in [0.2, 0.25) is 0 Å². The number of carbonyl (C=O) groups is 1. The Labute approximate surface area is 187 Å². The zero-order valence-corrected chi connectivity index (χ0v) is 18.4. The van der Waals surface area contributed by atoms with E-state index in [1.807, 2.05) is 42.2 Å². The molecule has 0 spiro atoms.